The summed E-state index contributed by atoms with van der Waals surface area (Å²) >= 11 is 0. The molecule has 94 valence electrons. The molecule has 1 aromatic heterocycles. The molecule has 0 radical (unpaired) electrons. The standard InChI is InChI=1S/C12H12N2O4/c1-3-4-9(12(16)17)14-11(15)8-5-6-10(18-2)13-7-8/h1,5-7,9H,4H2,2H3,(H,14,15)(H,16,17). The molecule has 0 fully saturated rings. The molecule has 0 spiro atoms. The van der Waals surface area contributed by atoms with Crippen LogP contribution in [-0.4, -0.2) is 35.1 Å². The number of aromatic nitrogens is 1. The van der Waals surface area contributed by atoms with Crippen molar-refractivity contribution in [2.75, 3.05) is 7.11 Å². The lowest BCUT2D eigenvalue weighted by Gasteiger charge is -2.11. The maximum atomic E-state index is 11.7. The number of aliphatic carboxylic acids is 1. The first-order valence-electron chi connectivity index (χ1n) is 5.05. The number of nitrogens with zero attached hydrogens (tertiary/aromatic N) is 1. The average molecular weight is 248 g/mol. The Balaban J connectivity index is 2.74. The predicted molar refractivity (Wildman–Crippen MR) is 63.1 cm³/mol. The molecule has 2 N–H and O–H groups in total. The van der Waals surface area contributed by atoms with E-state index in [9.17, 15) is 9.59 Å². The summed E-state index contributed by atoms with van der Waals surface area (Å²) in [5.74, 6) is 0.832. The van der Waals surface area contributed by atoms with E-state index < -0.39 is 17.9 Å². The Hall–Kier alpha value is -2.55. The summed E-state index contributed by atoms with van der Waals surface area (Å²) in [6.45, 7) is 0. The van der Waals surface area contributed by atoms with E-state index in [4.69, 9.17) is 16.3 Å². The van der Waals surface area contributed by atoms with Crippen molar-refractivity contribution in [1.82, 2.24) is 10.3 Å². The molecular weight excluding hydrogens is 236 g/mol. The Morgan fingerprint density at radius 1 is 1.61 bits per heavy atom. The van der Waals surface area contributed by atoms with Crippen molar-refractivity contribution in [2.45, 2.75) is 12.5 Å². The van der Waals surface area contributed by atoms with Gasteiger partial charge in [0.05, 0.1) is 12.7 Å². The van der Waals surface area contributed by atoms with E-state index >= 15 is 0 Å². The third-order valence-electron chi connectivity index (χ3n) is 2.13. The first-order chi connectivity index (χ1) is 8.58. The van der Waals surface area contributed by atoms with Crippen molar-refractivity contribution >= 4 is 11.9 Å². The van der Waals surface area contributed by atoms with Gasteiger partial charge in [0.25, 0.3) is 5.91 Å². The Bertz CT molecular complexity index is 476. The third kappa shape index (κ3) is 3.49. The number of methoxy groups -OCH3 is 1. The highest BCUT2D eigenvalue weighted by Crippen LogP contribution is 2.07. The monoisotopic (exact) mass is 248 g/mol. The fourth-order valence-corrected chi connectivity index (χ4v) is 1.19. The molecule has 0 saturated carbocycles. The molecule has 1 heterocycles. The number of hydrogen-bond acceptors (Lipinski definition) is 4. The van der Waals surface area contributed by atoms with Crippen LogP contribution in [0.3, 0.4) is 0 Å². The van der Waals surface area contributed by atoms with Crippen LogP contribution in [-0.2, 0) is 4.79 Å². The highest BCUT2D eigenvalue weighted by molar-refractivity contribution is 5.96. The maximum Gasteiger partial charge on any atom is 0.327 e. The lowest BCUT2D eigenvalue weighted by atomic mass is 10.2. The number of ether oxygens (including phenoxy) is 1. The number of nitrogens with one attached hydrogen (secondary N) is 1. The number of amides is 1. The summed E-state index contributed by atoms with van der Waals surface area (Å²) in [6.07, 6.45) is 6.24. The van der Waals surface area contributed by atoms with E-state index in [0.29, 0.717) is 5.88 Å². The van der Waals surface area contributed by atoms with Gasteiger partial charge >= 0.3 is 5.97 Å². The second-order valence-electron chi connectivity index (χ2n) is 3.36. The smallest absolute Gasteiger partial charge is 0.327 e. The number of hydrogen-bond donors (Lipinski definition) is 2. The van der Waals surface area contributed by atoms with E-state index in [1.54, 1.807) is 0 Å². The fraction of sp³-hybridized carbons (Fsp3) is 0.250. The lowest BCUT2D eigenvalue weighted by molar-refractivity contribution is -0.139. The van der Waals surface area contributed by atoms with Crippen LogP contribution in [0.2, 0.25) is 0 Å². The van der Waals surface area contributed by atoms with E-state index in [2.05, 4.69) is 16.2 Å². The summed E-state index contributed by atoms with van der Waals surface area (Å²) in [6, 6.07) is 1.88. The SMILES string of the molecule is C#CCC(NC(=O)c1ccc(OC)nc1)C(=O)O. The second kappa shape index (κ2) is 6.25. The van der Waals surface area contributed by atoms with Gasteiger partial charge < -0.3 is 15.2 Å². The second-order valence-corrected chi connectivity index (χ2v) is 3.36. The molecule has 6 heteroatoms. The third-order valence-corrected chi connectivity index (χ3v) is 2.13. The Morgan fingerprint density at radius 3 is 2.78 bits per heavy atom. The van der Waals surface area contributed by atoms with Gasteiger partial charge in [0.15, 0.2) is 0 Å². The van der Waals surface area contributed by atoms with Crippen molar-refractivity contribution in [3.05, 3.63) is 23.9 Å². The van der Waals surface area contributed by atoms with Gasteiger partial charge in [-0.2, -0.15) is 0 Å². The number of carboxylic acids is 1. The Labute approximate surface area is 104 Å². The number of carbonyl (C=O) groups excluding carboxylic acids is 1. The molecular formula is C12H12N2O4. The van der Waals surface area contributed by atoms with Crippen molar-refractivity contribution in [3.8, 4) is 18.2 Å². The maximum absolute atomic E-state index is 11.7. The molecule has 6 nitrogen and oxygen atoms in total. The number of carboxylic acid groups (broad SMARTS) is 1. The van der Waals surface area contributed by atoms with Crippen LogP contribution in [0.15, 0.2) is 18.3 Å². The van der Waals surface area contributed by atoms with Gasteiger partial charge in [-0.05, 0) is 6.07 Å². The zero-order chi connectivity index (χ0) is 13.5. The van der Waals surface area contributed by atoms with Gasteiger partial charge in [0, 0.05) is 18.7 Å². The molecule has 1 aromatic rings. The largest absolute Gasteiger partial charge is 0.481 e. The van der Waals surface area contributed by atoms with Crippen LogP contribution in [0.4, 0.5) is 0 Å². The minimum atomic E-state index is -1.18. The van der Waals surface area contributed by atoms with Crippen molar-refractivity contribution in [1.29, 1.82) is 0 Å². The Morgan fingerprint density at radius 2 is 2.33 bits per heavy atom. The quantitative estimate of drug-likeness (QED) is 0.731. The van der Waals surface area contributed by atoms with Crippen LogP contribution < -0.4 is 10.1 Å². The van der Waals surface area contributed by atoms with Crippen LogP contribution >= 0.6 is 0 Å². The summed E-state index contributed by atoms with van der Waals surface area (Å²) < 4.78 is 4.84. The molecule has 1 rings (SSSR count). The van der Waals surface area contributed by atoms with Crippen molar-refractivity contribution < 1.29 is 19.4 Å². The molecule has 0 bridgehead atoms. The summed E-state index contributed by atoms with van der Waals surface area (Å²) in [5, 5.41) is 11.1. The molecule has 0 aliphatic heterocycles. The van der Waals surface area contributed by atoms with Crippen molar-refractivity contribution in [3.63, 3.8) is 0 Å². The van der Waals surface area contributed by atoms with Crippen LogP contribution in [0.5, 0.6) is 5.88 Å². The minimum absolute atomic E-state index is 0.0787. The topological polar surface area (TPSA) is 88.5 Å². The fourth-order valence-electron chi connectivity index (χ4n) is 1.19. The number of terminal acetylenes is 1. The normalized spacial score (nSPS) is 11.1. The summed E-state index contributed by atoms with van der Waals surface area (Å²) in [4.78, 5) is 26.4. The predicted octanol–water partition coefficient (Wildman–Crippen LogP) is 0.296. The number of pyridine rings is 1. The molecule has 1 unspecified atom stereocenters. The number of carbonyl (C=O) groups is 2. The van der Waals surface area contributed by atoms with E-state index in [1.165, 1.54) is 25.4 Å². The Kier molecular flexibility index (Phi) is 4.69. The van der Waals surface area contributed by atoms with Gasteiger partial charge in [0.2, 0.25) is 5.88 Å². The van der Waals surface area contributed by atoms with E-state index in [-0.39, 0.29) is 12.0 Å². The summed E-state index contributed by atoms with van der Waals surface area (Å²) in [5.41, 5.74) is 0.235. The first kappa shape index (κ1) is 13.5. The molecule has 1 atom stereocenters. The highest BCUT2D eigenvalue weighted by Gasteiger charge is 2.19. The minimum Gasteiger partial charge on any atom is -0.481 e. The van der Waals surface area contributed by atoms with Gasteiger partial charge in [-0.1, -0.05) is 0 Å². The number of rotatable bonds is 5. The van der Waals surface area contributed by atoms with Gasteiger partial charge in [0.1, 0.15) is 6.04 Å². The first-order valence-corrected chi connectivity index (χ1v) is 5.05. The average Bonchev–Trinajstić information content (AvgIpc) is 2.38. The molecule has 0 aliphatic carbocycles. The lowest BCUT2D eigenvalue weighted by Crippen LogP contribution is -2.40. The molecule has 0 saturated heterocycles. The van der Waals surface area contributed by atoms with Crippen molar-refractivity contribution in [2.24, 2.45) is 0 Å². The highest BCUT2D eigenvalue weighted by atomic mass is 16.5. The molecule has 0 aliphatic rings. The van der Waals surface area contributed by atoms with Crippen LogP contribution in [0.1, 0.15) is 16.8 Å². The molecule has 0 aromatic carbocycles. The zero-order valence-electron chi connectivity index (χ0n) is 9.71. The van der Waals surface area contributed by atoms with Crippen LogP contribution in [0, 0.1) is 12.3 Å². The summed E-state index contributed by atoms with van der Waals surface area (Å²) in [7, 11) is 1.45. The van der Waals surface area contributed by atoms with Gasteiger partial charge in [-0.25, -0.2) is 9.78 Å². The van der Waals surface area contributed by atoms with Crippen LogP contribution in [0.25, 0.3) is 0 Å². The molecule has 18 heavy (non-hydrogen) atoms. The van der Waals surface area contributed by atoms with E-state index in [0.717, 1.165) is 0 Å². The van der Waals surface area contributed by atoms with Gasteiger partial charge in [-0.15, -0.1) is 12.3 Å². The molecule has 1 amide bonds. The zero-order valence-corrected chi connectivity index (χ0v) is 9.71. The van der Waals surface area contributed by atoms with Gasteiger partial charge in [-0.3, -0.25) is 4.79 Å². The van der Waals surface area contributed by atoms with E-state index in [1.807, 2.05) is 0 Å².